The van der Waals surface area contributed by atoms with Gasteiger partial charge in [0.25, 0.3) is 5.91 Å². The van der Waals surface area contributed by atoms with Gasteiger partial charge in [0.2, 0.25) is 0 Å². The predicted molar refractivity (Wildman–Crippen MR) is 116 cm³/mol. The highest BCUT2D eigenvalue weighted by atomic mass is 32.1. The zero-order valence-electron chi connectivity index (χ0n) is 16.1. The zero-order chi connectivity index (χ0) is 19.8. The van der Waals surface area contributed by atoms with Crippen LogP contribution >= 0.6 is 23.6 Å². The molecule has 1 atom stereocenters. The van der Waals surface area contributed by atoms with Crippen LogP contribution < -0.4 is 5.73 Å². The third-order valence-electron chi connectivity index (χ3n) is 5.46. The van der Waals surface area contributed by atoms with Gasteiger partial charge >= 0.3 is 0 Å². The first-order valence-corrected chi connectivity index (χ1v) is 10.7. The van der Waals surface area contributed by atoms with Crippen molar-refractivity contribution < 1.29 is 4.79 Å². The minimum absolute atomic E-state index is 0.432. The van der Waals surface area contributed by atoms with Crippen LogP contribution in [0.15, 0.2) is 30.3 Å². The number of para-hydroxylation sites is 1. The number of aromatic nitrogens is 2. The van der Waals surface area contributed by atoms with Crippen molar-refractivity contribution in [3.8, 4) is 0 Å². The van der Waals surface area contributed by atoms with Gasteiger partial charge in [-0.25, -0.2) is 4.98 Å². The van der Waals surface area contributed by atoms with E-state index >= 15 is 0 Å². The Morgan fingerprint density at radius 3 is 2.89 bits per heavy atom. The molecule has 1 aliphatic heterocycles. The van der Waals surface area contributed by atoms with E-state index in [2.05, 4.69) is 23.1 Å². The maximum absolute atomic E-state index is 11.8. The van der Waals surface area contributed by atoms with Crippen molar-refractivity contribution >= 4 is 39.7 Å². The van der Waals surface area contributed by atoms with Gasteiger partial charge in [0.15, 0.2) is 0 Å². The van der Waals surface area contributed by atoms with Crippen LogP contribution in [0.3, 0.4) is 0 Å². The number of amides is 1. The molecule has 4 rings (SSSR count). The van der Waals surface area contributed by atoms with E-state index in [0.717, 1.165) is 42.7 Å². The quantitative estimate of drug-likeness (QED) is 0.646. The van der Waals surface area contributed by atoms with E-state index in [1.54, 1.807) is 11.3 Å². The third-order valence-corrected chi connectivity index (χ3v) is 7.08. The summed E-state index contributed by atoms with van der Waals surface area (Å²) in [5, 5.41) is 1.22. The molecule has 0 spiro atoms. The van der Waals surface area contributed by atoms with Crippen molar-refractivity contribution in [2.75, 3.05) is 13.1 Å². The van der Waals surface area contributed by atoms with Crippen LogP contribution in [-0.4, -0.2) is 33.4 Å². The summed E-state index contributed by atoms with van der Waals surface area (Å²) in [4.78, 5) is 19.1. The van der Waals surface area contributed by atoms with E-state index in [1.807, 2.05) is 30.5 Å². The van der Waals surface area contributed by atoms with E-state index in [0.29, 0.717) is 22.8 Å². The van der Waals surface area contributed by atoms with E-state index in [1.165, 1.54) is 9.71 Å². The van der Waals surface area contributed by atoms with Gasteiger partial charge in [0.1, 0.15) is 4.64 Å². The van der Waals surface area contributed by atoms with Gasteiger partial charge in [-0.2, -0.15) is 0 Å². The molecule has 0 saturated carbocycles. The molecule has 146 valence electrons. The van der Waals surface area contributed by atoms with E-state index in [9.17, 15) is 4.79 Å². The van der Waals surface area contributed by atoms with Crippen LogP contribution in [0.25, 0.3) is 10.2 Å². The molecule has 1 fully saturated rings. The molecule has 0 unspecified atom stereocenters. The molecule has 0 radical (unpaired) electrons. The molecule has 5 nitrogen and oxygen atoms in total. The maximum atomic E-state index is 11.8. The topological polar surface area (TPSA) is 64.2 Å². The van der Waals surface area contributed by atoms with Gasteiger partial charge < -0.3 is 10.3 Å². The van der Waals surface area contributed by atoms with Crippen LogP contribution in [0, 0.1) is 18.5 Å². The Morgan fingerprint density at radius 2 is 2.14 bits per heavy atom. The van der Waals surface area contributed by atoms with Crippen LogP contribution in [0.1, 0.15) is 45.4 Å². The van der Waals surface area contributed by atoms with Gasteiger partial charge in [0, 0.05) is 18.2 Å². The fraction of sp³-hybridized carbons (Fsp3) is 0.381. The Hall–Kier alpha value is -2.09. The number of aryl methyl sites for hydroxylation is 2. The normalized spacial score (nSPS) is 17.9. The average molecular weight is 413 g/mol. The van der Waals surface area contributed by atoms with E-state index in [-0.39, 0.29) is 0 Å². The molecule has 0 aliphatic carbocycles. The molecule has 1 amide bonds. The summed E-state index contributed by atoms with van der Waals surface area (Å²) in [5.74, 6) is -0.0241. The number of piperidine rings is 1. The number of hydrogen-bond donors (Lipinski definition) is 1. The number of hydrogen-bond acceptors (Lipinski definition) is 5. The minimum atomic E-state index is -0.456. The second kappa shape index (κ2) is 7.73. The molecule has 1 aromatic carbocycles. The molecule has 1 saturated heterocycles. The number of rotatable bonds is 4. The first-order valence-electron chi connectivity index (χ1n) is 9.52. The number of thiazole rings is 1. The largest absolute Gasteiger partial charge is 0.365 e. The first kappa shape index (κ1) is 19.2. The Labute approximate surface area is 173 Å². The summed E-state index contributed by atoms with van der Waals surface area (Å²) in [6.07, 6.45) is 2.28. The Morgan fingerprint density at radius 1 is 1.36 bits per heavy atom. The molecule has 0 bridgehead atoms. The second-order valence-electron chi connectivity index (χ2n) is 7.52. The monoisotopic (exact) mass is 412 g/mol. The van der Waals surface area contributed by atoms with Gasteiger partial charge in [-0.05, 0) is 57.0 Å². The molecule has 3 aromatic rings. The number of nitrogens with zero attached hydrogens (tertiary/aromatic N) is 3. The van der Waals surface area contributed by atoms with Crippen molar-refractivity contribution in [1.29, 1.82) is 0 Å². The Balaban J connectivity index is 1.58. The highest BCUT2D eigenvalue weighted by molar-refractivity contribution is 7.71. The number of fused-ring (bicyclic) bond motifs is 1. The third kappa shape index (κ3) is 3.62. The molecule has 3 heterocycles. The summed E-state index contributed by atoms with van der Waals surface area (Å²) in [5.41, 5.74) is 9.00. The van der Waals surface area contributed by atoms with Crippen molar-refractivity contribution in [2.24, 2.45) is 5.73 Å². The van der Waals surface area contributed by atoms with E-state index in [4.69, 9.17) is 22.9 Å². The van der Waals surface area contributed by atoms with Gasteiger partial charge in [-0.3, -0.25) is 9.69 Å². The SMILES string of the molecule is Cc1cc(C)n(CN2CCC[C@H](c3nc4ccccc4s3)C2)c(=S)c1C(N)=O. The fourth-order valence-electron chi connectivity index (χ4n) is 4.05. The van der Waals surface area contributed by atoms with Crippen molar-refractivity contribution in [3.63, 3.8) is 0 Å². The molecule has 7 heteroatoms. The average Bonchev–Trinajstić information content (AvgIpc) is 3.09. The lowest BCUT2D eigenvalue weighted by molar-refractivity contribution is 0.0997. The van der Waals surface area contributed by atoms with Crippen molar-refractivity contribution in [1.82, 2.24) is 14.5 Å². The van der Waals surface area contributed by atoms with Gasteiger partial charge in [0.05, 0.1) is 27.5 Å². The first-order chi connectivity index (χ1) is 13.4. The lowest BCUT2D eigenvalue weighted by Crippen LogP contribution is -2.36. The van der Waals surface area contributed by atoms with E-state index < -0.39 is 5.91 Å². The van der Waals surface area contributed by atoms with Gasteiger partial charge in [-0.1, -0.05) is 24.4 Å². The summed E-state index contributed by atoms with van der Waals surface area (Å²) in [6, 6.07) is 10.3. The minimum Gasteiger partial charge on any atom is -0.365 e. The van der Waals surface area contributed by atoms with Crippen LogP contribution in [0.2, 0.25) is 0 Å². The lowest BCUT2D eigenvalue weighted by atomic mass is 9.99. The standard InChI is InChI=1S/C21H24N4OS2/c1-13-10-14(2)25(21(27)18(13)19(22)26)12-24-9-5-6-15(11-24)20-23-16-7-3-4-8-17(16)28-20/h3-4,7-8,10,15H,5-6,9,11-12H2,1-2H3,(H2,22,26)/t15-/m0/s1. The molecule has 2 N–H and O–H groups in total. The van der Waals surface area contributed by atoms with Crippen LogP contribution in [-0.2, 0) is 6.67 Å². The Bertz CT molecular complexity index is 1070. The predicted octanol–water partition coefficient (Wildman–Crippen LogP) is 4.38. The maximum Gasteiger partial charge on any atom is 0.251 e. The molecule has 1 aliphatic rings. The summed E-state index contributed by atoms with van der Waals surface area (Å²) in [6.45, 7) is 6.55. The summed E-state index contributed by atoms with van der Waals surface area (Å²) in [7, 11) is 0. The number of primary amides is 1. The lowest BCUT2D eigenvalue weighted by Gasteiger charge is -2.33. The molecular weight excluding hydrogens is 388 g/mol. The Kier molecular flexibility index (Phi) is 5.31. The van der Waals surface area contributed by atoms with Gasteiger partial charge in [-0.15, -0.1) is 11.3 Å². The van der Waals surface area contributed by atoms with Crippen molar-refractivity contribution in [2.45, 2.75) is 39.3 Å². The molecular formula is C21H24N4OS2. The van der Waals surface area contributed by atoms with Crippen LogP contribution in [0.5, 0.6) is 0 Å². The second-order valence-corrected chi connectivity index (χ2v) is 8.97. The summed E-state index contributed by atoms with van der Waals surface area (Å²) >= 11 is 7.40. The fourth-order valence-corrected chi connectivity index (χ4v) is 5.61. The number of carbonyl (C=O) groups is 1. The highest BCUT2D eigenvalue weighted by Crippen LogP contribution is 2.33. The number of nitrogens with two attached hydrogens (primary N) is 1. The van der Waals surface area contributed by atoms with Crippen LogP contribution in [0.4, 0.5) is 0 Å². The highest BCUT2D eigenvalue weighted by Gasteiger charge is 2.25. The number of likely N-dealkylation sites (tertiary alicyclic amines) is 1. The summed E-state index contributed by atoms with van der Waals surface area (Å²) < 4.78 is 3.81. The smallest absolute Gasteiger partial charge is 0.251 e. The number of benzene rings is 1. The number of carbonyl (C=O) groups excluding carboxylic acids is 1. The number of pyridine rings is 1. The molecule has 28 heavy (non-hydrogen) atoms. The zero-order valence-corrected chi connectivity index (χ0v) is 17.8. The van der Waals surface area contributed by atoms with Crippen molar-refractivity contribution in [3.05, 3.63) is 56.8 Å². The molecule has 2 aromatic heterocycles.